The number of benzene rings is 3. The third-order valence-electron chi connectivity index (χ3n) is 4.68. The van der Waals surface area contributed by atoms with Gasteiger partial charge in [0.05, 0.1) is 13.2 Å². The SMILES string of the molecule is C=Cc1cc(/C=C/C(CO)COC)c2cccc3cc/c(=C/C)c1c32. The predicted octanol–water partition coefficient (Wildman–Crippen LogP) is 4.42. The van der Waals surface area contributed by atoms with Crippen molar-refractivity contribution in [1.29, 1.82) is 0 Å². The van der Waals surface area contributed by atoms with Crippen LogP contribution in [0, 0.1) is 5.92 Å². The second kappa shape index (κ2) is 7.64. The number of rotatable bonds is 6. The molecule has 0 radical (unpaired) electrons. The lowest BCUT2D eigenvalue weighted by molar-refractivity contribution is 0.132. The summed E-state index contributed by atoms with van der Waals surface area (Å²) in [5.74, 6) is -0.00556. The first-order valence-corrected chi connectivity index (χ1v) is 8.58. The number of ether oxygens (including phenoxy) is 1. The molecule has 0 aliphatic carbocycles. The summed E-state index contributed by atoms with van der Waals surface area (Å²) in [7, 11) is 1.65. The molecule has 0 spiro atoms. The van der Waals surface area contributed by atoms with Gasteiger partial charge < -0.3 is 9.84 Å². The van der Waals surface area contributed by atoms with E-state index < -0.39 is 0 Å². The van der Waals surface area contributed by atoms with E-state index in [1.807, 2.05) is 12.2 Å². The maximum Gasteiger partial charge on any atom is 0.0547 e. The van der Waals surface area contributed by atoms with Crippen LogP contribution >= 0.6 is 0 Å². The third kappa shape index (κ3) is 3.23. The van der Waals surface area contributed by atoms with Gasteiger partial charge in [0.1, 0.15) is 0 Å². The molecule has 25 heavy (non-hydrogen) atoms. The van der Waals surface area contributed by atoms with Crippen LogP contribution in [0.3, 0.4) is 0 Å². The van der Waals surface area contributed by atoms with E-state index in [1.165, 1.54) is 26.8 Å². The molecule has 1 unspecified atom stereocenters. The van der Waals surface area contributed by atoms with Gasteiger partial charge in [0.15, 0.2) is 0 Å². The van der Waals surface area contributed by atoms with Crippen LogP contribution in [0.4, 0.5) is 0 Å². The Morgan fingerprint density at radius 3 is 2.68 bits per heavy atom. The standard InChI is InChI=1S/C23H24O2/c1-4-17-11-12-19-7-6-8-21-20(10-9-16(14-24)15-25-3)13-18(5-2)22(17)23(19)21/h4-13,16,24H,2,14-15H2,1,3H3/b10-9+,17-4-. The molecule has 0 bridgehead atoms. The quantitative estimate of drug-likeness (QED) is 0.724. The molecular weight excluding hydrogens is 308 g/mol. The van der Waals surface area contributed by atoms with E-state index in [0.29, 0.717) is 6.61 Å². The first-order valence-electron chi connectivity index (χ1n) is 8.58. The highest BCUT2D eigenvalue weighted by molar-refractivity contribution is 6.15. The van der Waals surface area contributed by atoms with Crippen molar-refractivity contribution in [3.63, 3.8) is 0 Å². The minimum Gasteiger partial charge on any atom is -0.396 e. The van der Waals surface area contributed by atoms with Crippen LogP contribution in [-0.2, 0) is 4.74 Å². The lowest BCUT2D eigenvalue weighted by Gasteiger charge is -2.13. The van der Waals surface area contributed by atoms with Crippen molar-refractivity contribution in [3.8, 4) is 0 Å². The number of hydrogen-bond donors (Lipinski definition) is 1. The van der Waals surface area contributed by atoms with E-state index in [1.54, 1.807) is 7.11 Å². The second-order valence-electron chi connectivity index (χ2n) is 6.24. The fourth-order valence-electron chi connectivity index (χ4n) is 3.43. The summed E-state index contributed by atoms with van der Waals surface area (Å²) >= 11 is 0. The Hall–Kier alpha value is -2.42. The number of hydrogen-bond acceptors (Lipinski definition) is 2. The average molecular weight is 332 g/mol. The van der Waals surface area contributed by atoms with Crippen LogP contribution in [0.2, 0.25) is 0 Å². The molecule has 3 aromatic rings. The first kappa shape index (κ1) is 17.4. The van der Waals surface area contributed by atoms with Gasteiger partial charge in [0.2, 0.25) is 0 Å². The van der Waals surface area contributed by atoms with Crippen molar-refractivity contribution in [1.82, 2.24) is 0 Å². The molecule has 1 N–H and O–H groups in total. The van der Waals surface area contributed by atoms with Crippen LogP contribution in [0.15, 0.2) is 49.1 Å². The fourth-order valence-corrected chi connectivity index (χ4v) is 3.43. The minimum absolute atomic E-state index is 0.00556. The zero-order chi connectivity index (χ0) is 17.8. The predicted molar refractivity (Wildman–Crippen MR) is 108 cm³/mol. The molecule has 2 heteroatoms. The van der Waals surface area contributed by atoms with E-state index in [0.717, 1.165) is 11.1 Å². The van der Waals surface area contributed by atoms with Gasteiger partial charge >= 0.3 is 0 Å². The van der Waals surface area contributed by atoms with Crippen LogP contribution in [0.1, 0.15) is 18.1 Å². The van der Waals surface area contributed by atoms with Gasteiger partial charge in [-0.3, -0.25) is 0 Å². The Morgan fingerprint density at radius 2 is 2.00 bits per heavy atom. The van der Waals surface area contributed by atoms with Gasteiger partial charge in [-0.1, -0.05) is 61.2 Å². The largest absolute Gasteiger partial charge is 0.396 e. The molecule has 0 amide bonds. The number of aliphatic hydroxyl groups is 1. The van der Waals surface area contributed by atoms with E-state index in [2.05, 4.69) is 62.1 Å². The molecule has 0 saturated heterocycles. The first-order chi connectivity index (χ1) is 12.2. The molecule has 0 saturated carbocycles. The molecule has 0 aromatic heterocycles. The van der Waals surface area contributed by atoms with Crippen molar-refractivity contribution in [2.24, 2.45) is 5.92 Å². The van der Waals surface area contributed by atoms with Crippen LogP contribution in [0.25, 0.3) is 39.8 Å². The zero-order valence-electron chi connectivity index (χ0n) is 14.8. The van der Waals surface area contributed by atoms with Crippen molar-refractivity contribution in [2.45, 2.75) is 6.92 Å². The summed E-state index contributed by atoms with van der Waals surface area (Å²) in [5, 5.41) is 15.7. The Kier molecular flexibility index (Phi) is 5.32. The molecule has 0 fully saturated rings. The van der Waals surface area contributed by atoms with Crippen LogP contribution in [-0.4, -0.2) is 25.4 Å². The minimum atomic E-state index is -0.00556. The highest BCUT2D eigenvalue weighted by Gasteiger charge is 2.10. The van der Waals surface area contributed by atoms with E-state index in [-0.39, 0.29) is 12.5 Å². The van der Waals surface area contributed by atoms with Crippen molar-refractivity contribution >= 4 is 39.8 Å². The third-order valence-corrected chi connectivity index (χ3v) is 4.68. The zero-order valence-corrected chi connectivity index (χ0v) is 14.8. The van der Waals surface area contributed by atoms with Crippen molar-refractivity contribution in [2.75, 3.05) is 20.3 Å². The fraction of sp³-hybridized carbons (Fsp3) is 0.217. The van der Waals surface area contributed by atoms with Gasteiger partial charge in [-0.2, -0.15) is 0 Å². The molecule has 3 aromatic carbocycles. The Morgan fingerprint density at radius 1 is 1.16 bits per heavy atom. The van der Waals surface area contributed by atoms with Crippen LogP contribution in [0.5, 0.6) is 0 Å². The van der Waals surface area contributed by atoms with Crippen molar-refractivity contribution in [3.05, 3.63) is 65.4 Å². The number of aliphatic hydroxyl groups excluding tert-OH is 1. The second-order valence-corrected chi connectivity index (χ2v) is 6.24. The molecule has 0 heterocycles. The summed E-state index contributed by atoms with van der Waals surface area (Å²) in [6.07, 6.45) is 8.17. The maximum atomic E-state index is 9.49. The van der Waals surface area contributed by atoms with Crippen LogP contribution < -0.4 is 5.22 Å². The molecule has 2 nitrogen and oxygen atoms in total. The van der Waals surface area contributed by atoms with E-state index in [9.17, 15) is 5.11 Å². The van der Waals surface area contributed by atoms with E-state index in [4.69, 9.17) is 4.74 Å². The van der Waals surface area contributed by atoms with Crippen molar-refractivity contribution < 1.29 is 9.84 Å². The van der Waals surface area contributed by atoms with Gasteiger partial charge in [0, 0.05) is 13.0 Å². The summed E-state index contributed by atoms with van der Waals surface area (Å²) < 4.78 is 5.17. The monoisotopic (exact) mass is 332 g/mol. The Labute approximate surface area is 148 Å². The molecule has 3 rings (SSSR count). The summed E-state index contributed by atoms with van der Waals surface area (Å²) in [4.78, 5) is 0. The summed E-state index contributed by atoms with van der Waals surface area (Å²) in [6, 6.07) is 12.9. The lowest BCUT2D eigenvalue weighted by Crippen LogP contribution is -2.09. The smallest absolute Gasteiger partial charge is 0.0547 e. The molecule has 0 aliphatic rings. The lowest BCUT2D eigenvalue weighted by atomic mass is 9.91. The Balaban J connectivity index is 2.30. The highest BCUT2D eigenvalue weighted by Crippen LogP contribution is 2.31. The average Bonchev–Trinajstić information content (AvgIpc) is 2.66. The molecule has 0 aliphatic heterocycles. The normalized spacial score (nSPS) is 14.0. The van der Waals surface area contributed by atoms with E-state index >= 15 is 0 Å². The van der Waals surface area contributed by atoms with Gasteiger partial charge in [-0.05, 0) is 50.9 Å². The van der Waals surface area contributed by atoms with Gasteiger partial charge in [0.25, 0.3) is 0 Å². The number of methoxy groups -OCH3 is 1. The highest BCUT2D eigenvalue weighted by atomic mass is 16.5. The van der Waals surface area contributed by atoms with Gasteiger partial charge in [-0.25, -0.2) is 0 Å². The molecule has 128 valence electrons. The summed E-state index contributed by atoms with van der Waals surface area (Å²) in [5.41, 5.74) is 2.26. The molecular formula is C23H24O2. The topological polar surface area (TPSA) is 29.5 Å². The molecule has 1 atom stereocenters. The van der Waals surface area contributed by atoms with Gasteiger partial charge in [-0.15, -0.1) is 0 Å². The maximum absolute atomic E-state index is 9.49. The summed E-state index contributed by atoms with van der Waals surface area (Å²) in [6.45, 7) is 6.66. The Bertz CT molecular complexity index is 982.